The minimum Gasteiger partial charge on any atom is -0.492 e. The fraction of sp³-hybridized carbons (Fsp3) is 0.143. The predicted molar refractivity (Wildman–Crippen MR) is 85.6 cm³/mol. The van der Waals surface area contributed by atoms with Crippen molar-refractivity contribution in [2.45, 2.75) is 0 Å². The predicted octanol–water partition coefficient (Wildman–Crippen LogP) is 3.43. The molecule has 2 rings (SSSR count). The van der Waals surface area contributed by atoms with Crippen LogP contribution >= 0.6 is 15.9 Å². The second-order valence-electron chi connectivity index (χ2n) is 4.26. The Morgan fingerprint density at radius 3 is 2.62 bits per heavy atom. The molecule has 0 aliphatic carbocycles. The van der Waals surface area contributed by atoms with E-state index in [0.717, 1.165) is 0 Å². The van der Waals surface area contributed by atoms with Gasteiger partial charge in [-0.3, -0.25) is 10.1 Å². The fourth-order valence-corrected chi connectivity index (χ4v) is 2.07. The second-order valence-corrected chi connectivity index (χ2v) is 5.18. The zero-order valence-electron chi connectivity index (χ0n) is 11.1. The molecule has 2 aromatic carbocycles. The Kier molecular flexibility index (Phi) is 4.99. The van der Waals surface area contributed by atoms with E-state index in [1.807, 2.05) is 0 Å². The van der Waals surface area contributed by atoms with Crippen LogP contribution in [0, 0.1) is 10.1 Å². The number of nitrogen functional groups attached to an aromatic ring is 1. The maximum absolute atomic E-state index is 11.0. The molecule has 0 saturated carbocycles. The Labute approximate surface area is 130 Å². The van der Waals surface area contributed by atoms with Gasteiger partial charge in [-0.25, -0.2) is 0 Å². The van der Waals surface area contributed by atoms with Crippen molar-refractivity contribution in [2.75, 3.05) is 24.2 Å². The van der Waals surface area contributed by atoms with Gasteiger partial charge in [0.25, 0.3) is 5.69 Å². The van der Waals surface area contributed by atoms with Crippen LogP contribution in [0.4, 0.5) is 17.1 Å². The van der Waals surface area contributed by atoms with Crippen LogP contribution in [-0.2, 0) is 0 Å². The van der Waals surface area contributed by atoms with Gasteiger partial charge in [0.15, 0.2) is 0 Å². The standard InChI is InChI=1S/C14H14BrN3O3/c15-10-1-6-13(14(9-10)18(19)20)17-7-8-21-12-4-2-11(16)3-5-12/h1-6,9,17H,7-8,16H2. The summed E-state index contributed by atoms with van der Waals surface area (Å²) in [7, 11) is 0. The summed E-state index contributed by atoms with van der Waals surface area (Å²) in [6, 6.07) is 11.9. The second kappa shape index (κ2) is 6.94. The molecule has 0 saturated heterocycles. The normalized spacial score (nSPS) is 10.1. The number of halogens is 1. The van der Waals surface area contributed by atoms with Gasteiger partial charge in [0, 0.05) is 22.8 Å². The molecule has 0 aliphatic heterocycles. The Morgan fingerprint density at radius 1 is 1.24 bits per heavy atom. The Bertz CT molecular complexity index is 632. The molecule has 0 bridgehead atoms. The first-order valence-electron chi connectivity index (χ1n) is 6.22. The van der Waals surface area contributed by atoms with Gasteiger partial charge in [0.05, 0.1) is 4.92 Å². The van der Waals surface area contributed by atoms with E-state index >= 15 is 0 Å². The number of hydrogen-bond acceptors (Lipinski definition) is 5. The molecular weight excluding hydrogens is 338 g/mol. The highest BCUT2D eigenvalue weighted by Gasteiger charge is 2.13. The smallest absolute Gasteiger partial charge is 0.293 e. The van der Waals surface area contributed by atoms with Gasteiger partial charge in [0.1, 0.15) is 18.0 Å². The summed E-state index contributed by atoms with van der Waals surface area (Å²) in [6.07, 6.45) is 0. The van der Waals surface area contributed by atoms with E-state index in [2.05, 4.69) is 21.2 Å². The Morgan fingerprint density at radius 2 is 1.95 bits per heavy atom. The summed E-state index contributed by atoms with van der Waals surface area (Å²) in [4.78, 5) is 10.5. The van der Waals surface area contributed by atoms with Crippen LogP contribution < -0.4 is 15.8 Å². The largest absolute Gasteiger partial charge is 0.492 e. The van der Waals surface area contributed by atoms with Gasteiger partial charge in [0.2, 0.25) is 0 Å². The lowest BCUT2D eigenvalue weighted by Gasteiger charge is -2.09. The summed E-state index contributed by atoms with van der Waals surface area (Å²) >= 11 is 3.22. The molecule has 2 aromatic rings. The molecular formula is C14H14BrN3O3. The number of ether oxygens (including phenoxy) is 1. The van der Waals surface area contributed by atoms with Crippen molar-refractivity contribution in [1.29, 1.82) is 0 Å². The minimum atomic E-state index is -0.423. The first-order chi connectivity index (χ1) is 10.1. The third-order valence-corrected chi connectivity index (χ3v) is 3.22. The van der Waals surface area contributed by atoms with Gasteiger partial charge >= 0.3 is 0 Å². The maximum Gasteiger partial charge on any atom is 0.293 e. The van der Waals surface area contributed by atoms with E-state index in [1.54, 1.807) is 36.4 Å². The van der Waals surface area contributed by atoms with Gasteiger partial charge in [-0.05, 0) is 36.4 Å². The summed E-state index contributed by atoms with van der Waals surface area (Å²) in [6.45, 7) is 0.837. The highest BCUT2D eigenvalue weighted by Crippen LogP contribution is 2.27. The molecule has 0 heterocycles. The molecule has 0 spiro atoms. The monoisotopic (exact) mass is 351 g/mol. The summed E-state index contributed by atoms with van der Waals surface area (Å²) < 4.78 is 6.17. The Hall–Kier alpha value is -2.28. The quantitative estimate of drug-likeness (QED) is 0.360. The molecule has 110 valence electrons. The molecule has 0 unspecified atom stereocenters. The maximum atomic E-state index is 11.0. The van der Waals surface area contributed by atoms with Crippen molar-refractivity contribution < 1.29 is 9.66 Å². The molecule has 7 heteroatoms. The number of nitrogens with two attached hydrogens (primary N) is 1. The lowest BCUT2D eigenvalue weighted by Crippen LogP contribution is -2.12. The number of nitro benzene ring substituents is 1. The summed E-state index contributed by atoms with van der Waals surface area (Å²) in [5, 5.41) is 14.0. The van der Waals surface area contributed by atoms with Crippen molar-refractivity contribution in [2.24, 2.45) is 0 Å². The topological polar surface area (TPSA) is 90.4 Å². The number of anilines is 2. The number of rotatable bonds is 6. The van der Waals surface area contributed by atoms with Crippen LogP contribution in [0.1, 0.15) is 0 Å². The van der Waals surface area contributed by atoms with Crippen molar-refractivity contribution in [3.63, 3.8) is 0 Å². The van der Waals surface area contributed by atoms with Gasteiger partial charge in [-0.15, -0.1) is 0 Å². The van der Waals surface area contributed by atoms with E-state index in [0.29, 0.717) is 34.7 Å². The van der Waals surface area contributed by atoms with E-state index in [9.17, 15) is 10.1 Å². The number of nitro groups is 1. The summed E-state index contributed by atoms with van der Waals surface area (Å²) in [5.74, 6) is 0.705. The van der Waals surface area contributed by atoms with Gasteiger partial charge in [-0.2, -0.15) is 0 Å². The van der Waals surface area contributed by atoms with Crippen LogP contribution in [0.3, 0.4) is 0 Å². The van der Waals surface area contributed by atoms with Crippen LogP contribution in [-0.4, -0.2) is 18.1 Å². The molecule has 6 nitrogen and oxygen atoms in total. The van der Waals surface area contributed by atoms with Crippen LogP contribution in [0.15, 0.2) is 46.9 Å². The number of nitrogens with one attached hydrogen (secondary N) is 1. The number of hydrogen-bond donors (Lipinski definition) is 2. The van der Waals surface area contributed by atoms with E-state index in [1.165, 1.54) is 6.07 Å². The van der Waals surface area contributed by atoms with Crippen molar-refractivity contribution in [1.82, 2.24) is 0 Å². The Balaban J connectivity index is 1.89. The average molecular weight is 352 g/mol. The molecule has 21 heavy (non-hydrogen) atoms. The van der Waals surface area contributed by atoms with Gasteiger partial charge < -0.3 is 15.8 Å². The van der Waals surface area contributed by atoms with Crippen molar-refractivity contribution in [3.8, 4) is 5.75 Å². The van der Waals surface area contributed by atoms with E-state index < -0.39 is 4.92 Å². The third kappa shape index (κ3) is 4.35. The van der Waals surface area contributed by atoms with Crippen molar-refractivity contribution >= 4 is 33.0 Å². The molecule has 0 aliphatic rings. The van der Waals surface area contributed by atoms with E-state index in [4.69, 9.17) is 10.5 Å². The molecule has 0 atom stereocenters. The lowest BCUT2D eigenvalue weighted by atomic mass is 10.2. The SMILES string of the molecule is Nc1ccc(OCCNc2ccc(Br)cc2[N+](=O)[O-])cc1. The summed E-state index contributed by atoms with van der Waals surface area (Å²) in [5.41, 5.74) is 6.74. The zero-order chi connectivity index (χ0) is 15.2. The number of benzene rings is 2. The highest BCUT2D eigenvalue weighted by molar-refractivity contribution is 9.10. The third-order valence-electron chi connectivity index (χ3n) is 2.72. The molecule has 0 aromatic heterocycles. The minimum absolute atomic E-state index is 0.0249. The van der Waals surface area contributed by atoms with Crippen LogP contribution in [0.25, 0.3) is 0 Å². The molecule has 0 amide bonds. The number of nitrogens with zero attached hydrogens (tertiary/aromatic N) is 1. The first kappa shape index (κ1) is 15.1. The molecule has 0 radical (unpaired) electrons. The first-order valence-corrected chi connectivity index (χ1v) is 7.02. The molecule has 0 fully saturated rings. The van der Waals surface area contributed by atoms with Crippen molar-refractivity contribution in [3.05, 3.63) is 57.1 Å². The van der Waals surface area contributed by atoms with Crippen LogP contribution in [0.5, 0.6) is 5.75 Å². The van der Waals surface area contributed by atoms with Crippen LogP contribution in [0.2, 0.25) is 0 Å². The highest BCUT2D eigenvalue weighted by atomic mass is 79.9. The zero-order valence-corrected chi connectivity index (χ0v) is 12.7. The lowest BCUT2D eigenvalue weighted by molar-refractivity contribution is -0.384. The fourth-order valence-electron chi connectivity index (χ4n) is 1.72. The molecule has 3 N–H and O–H groups in total. The average Bonchev–Trinajstić information content (AvgIpc) is 2.46. The van der Waals surface area contributed by atoms with E-state index in [-0.39, 0.29) is 5.69 Å². The van der Waals surface area contributed by atoms with Gasteiger partial charge in [-0.1, -0.05) is 15.9 Å².